The third-order valence-electron chi connectivity index (χ3n) is 2.36. The molecule has 8 heteroatoms. The molecule has 19 heavy (non-hydrogen) atoms. The predicted octanol–water partition coefficient (Wildman–Crippen LogP) is 1.38. The molecule has 2 amide bonds. The second-order valence-electron chi connectivity index (χ2n) is 3.98. The van der Waals surface area contributed by atoms with Gasteiger partial charge in [-0.2, -0.15) is 5.10 Å². The minimum absolute atomic E-state index is 0.127. The lowest BCUT2D eigenvalue weighted by atomic mass is 10.4. The summed E-state index contributed by atoms with van der Waals surface area (Å²) < 4.78 is 25.3. The van der Waals surface area contributed by atoms with Crippen molar-refractivity contribution in [3.05, 3.63) is 12.4 Å². The van der Waals surface area contributed by atoms with Crippen molar-refractivity contribution in [2.45, 2.75) is 26.3 Å². The van der Waals surface area contributed by atoms with Crippen molar-refractivity contribution in [3.8, 4) is 0 Å². The average molecular weight is 276 g/mol. The number of aliphatic hydroxyl groups is 1. The molecular formula is C11H18F2N4O2. The van der Waals surface area contributed by atoms with Gasteiger partial charge in [-0.05, 0) is 6.42 Å². The van der Waals surface area contributed by atoms with Crippen molar-refractivity contribution in [1.29, 1.82) is 0 Å². The first-order valence-electron chi connectivity index (χ1n) is 6.04. The molecule has 1 rings (SSSR count). The average Bonchev–Trinajstić information content (AvgIpc) is 2.75. The maximum atomic E-state index is 12.1. The topological polar surface area (TPSA) is 70.4 Å². The van der Waals surface area contributed by atoms with Crippen molar-refractivity contribution in [2.24, 2.45) is 0 Å². The number of nitrogens with one attached hydrogen (secondary N) is 1. The van der Waals surface area contributed by atoms with E-state index < -0.39 is 13.0 Å². The van der Waals surface area contributed by atoms with Crippen LogP contribution in [0.4, 0.5) is 19.3 Å². The zero-order valence-electron chi connectivity index (χ0n) is 10.7. The summed E-state index contributed by atoms with van der Waals surface area (Å²) in [5.41, 5.74) is 0.352. The summed E-state index contributed by atoms with van der Waals surface area (Å²) in [6.07, 6.45) is 0.920. The van der Waals surface area contributed by atoms with Gasteiger partial charge in [0.15, 0.2) is 0 Å². The highest BCUT2D eigenvalue weighted by Crippen LogP contribution is 2.08. The third kappa shape index (κ3) is 5.21. The van der Waals surface area contributed by atoms with Gasteiger partial charge in [0.05, 0.1) is 18.5 Å². The number of hydrogen-bond donors (Lipinski definition) is 2. The van der Waals surface area contributed by atoms with Gasteiger partial charge in [-0.15, -0.1) is 0 Å². The Hall–Kier alpha value is -1.70. The van der Waals surface area contributed by atoms with E-state index >= 15 is 0 Å². The van der Waals surface area contributed by atoms with Crippen LogP contribution in [0.15, 0.2) is 12.4 Å². The number of rotatable bonds is 7. The summed E-state index contributed by atoms with van der Waals surface area (Å²) in [5.74, 6) is 0. The van der Waals surface area contributed by atoms with Crippen LogP contribution in [0.5, 0.6) is 0 Å². The maximum absolute atomic E-state index is 12.1. The number of anilines is 1. The molecule has 1 aromatic heterocycles. The number of aliphatic hydroxyl groups excluding tert-OH is 1. The molecule has 0 aromatic carbocycles. The normalized spacial score (nSPS) is 10.8. The number of hydrogen-bond acceptors (Lipinski definition) is 3. The molecule has 0 aliphatic rings. The van der Waals surface area contributed by atoms with Gasteiger partial charge in [0.2, 0.25) is 0 Å². The van der Waals surface area contributed by atoms with Crippen LogP contribution < -0.4 is 5.32 Å². The molecule has 0 fully saturated rings. The van der Waals surface area contributed by atoms with Gasteiger partial charge < -0.3 is 15.3 Å². The molecule has 1 heterocycles. The van der Waals surface area contributed by atoms with Crippen LogP contribution in [-0.2, 0) is 6.54 Å². The Labute approximate surface area is 110 Å². The van der Waals surface area contributed by atoms with Gasteiger partial charge in [0.1, 0.15) is 6.54 Å². The highest BCUT2D eigenvalue weighted by molar-refractivity contribution is 5.88. The number of carbonyl (C=O) groups is 1. The van der Waals surface area contributed by atoms with Gasteiger partial charge in [-0.1, -0.05) is 6.92 Å². The van der Waals surface area contributed by atoms with Gasteiger partial charge in [0.25, 0.3) is 6.43 Å². The zero-order chi connectivity index (χ0) is 14.3. The second-order valence-corrected chi connectivity index (χ2v) is 3.98. The lowest BCUT2D eigenvalue weighted by Gasteiger charge is -2.20. The molecule has 0 aliphatic carbocycles. The number of urea groups is 1. The van der Waals surface area contributed by atoms with Crippen molar-refractivity contribution in [1.82, 2.24) is 14.7 Å². The highest BCUT2D eigenvalue weighted by Gasteiger charge is 2.13. The highest BCUT2D eigenvalue weighted by atomic mass is 19.3. The molecule has 0 radical (unpaired) electrons. The van der Waals surface area contributed by atoms with Crippen LogP contribution in [0.3, 0.4) is 0 Å². The van der Waals surface area contributed by atoms with Crippen LogP contribution in [-0.4, -0.2) is 51.9 Å². The Bertz CT molecular complexity index is 392. The molecule has 0 atom stereocenters. The van der Waals surface area contributed by atoms with E-state index in [0.717, 1.165) is 11.1 Å². The van der Waals surface area contributed by atoms with Crippen LogP contribution in [0.2, 0.25) is 0 Å². The summed E-state index contributed by atoms with van der Waals surface area (Å²) in [6.45, 7) is 2.02. The maximum Gasteiger partial charge on any atom is 0.322 e. The second kappa shape index (κ2) is 7.67. The Balaban J connectivity index is 2.57. The number of amides is 2. The number of alkyl halides is 2. The molecule has 0 bridgehead atoms. The van der Waals surface area contributed by atoms with Crippen molar-refractivity contribution in [3.63, 3.8) is 0 Å². The third-order valence-corrected chi connectivity index (χ3v) is 2.36. The van der Waals surface area contributed by atoms with E-state index in [4.69, 9.17) is 5.11 Å². The Kier molecular flexibility index (Phi) is 6.20. The van der Waals surface area contributed by atoms with E-state index in [0.29, 0.717) is 12.2 Å². The lowest BCUT2D eigenvalue weighted by Crippen LogP contribution is -2.37. The predicted molar refractivity (Wildman–Crippen MR) is 66.2 cm³/mol. The van der Waals surface area contributed by atoms with Crippen LogP contribution in [0.1, 0.15) is 13.3 Å². The van der Waals surface area contributed by atoms with E-state index in [1.807, 2.05) is 6.92 Å². The first-order valence-corrected chi connectivity index (χ1v) is 6.04. The smallest absolute Gasteiger partial charge is 0.322 e. The quantitative estimate of drug-likeness (QED) is 0.790. The monoisotopic (exact) mass is 276 g/mol. The fraction of sp³-hybridized carbons (Fsp3) is 0.636. The molecule has 6 nitrogen and oxygen atoms in total. The van der Waals surface area contributed by atoms with E-state index in [2.05, 4.69) is 10.4 Å². The summed E-state index contributed by atoms with van der Waals surface area (Å²) in [5, 5.41) is 15.1. The molecule has 0 unspecified atom stereocenters. The van der Waals surface area contributed by atoms with E-state index in [-0.39, 0.29) is 19.2 Å². The summed E-state index contributed by atoms with van der Waals surface area (Å²) >= 11 is 0. The van der Waals surface area contributed by atoms with Crippen molar-refractivity contribution < 1.29 is 18.7 Å². The summed E-state index contributed by atoms with van der Waals surface area (Å²) in [4.78, 5) is 13.3. The first kappa shape index (κ1) is 15.4. The van der Waals surface area contributed by atoms with Crippen LogP contribution in [0, 0.1) is 0 Å². The van der Waals surface area contributed by atoms with Gasteiger partial charge >= 0.3 is 6.03 Å². The zero-order valence-corrected chi connectivity index (χ0v) is 10.7. The number of nitrogens with zero attached hydrogens (tertiary/aromatic N) is 3. The van der Waals surface area contributed by atoms with Crippen LogP contribution in [0.25, 0.3) is 0 Å². The van der Waals surface area contributed by atoms with E-state index in [1.54, 1.807) is 0 Å². The number of aromatic nitrogens is 2. The Morgan fingerprint density at radius 2 is 2.32 bits per heavy atom. The molecule has 0 saturated carbocycles. The summed E-state index contributed by atoms with van der Waals surface area (Å²) in [6, 6.07) is -0.382. The molecule has 0 saturated heterocycles. The number of halogens is 2. The minimum Gasteiger partial charge on any atom is -0.395 e. The van der Waals surface area contributed by atoms with E-state index in [1.165, 1.54) is 17.3 Å². The molecule has 108 valence electrons. The fourth-order valence-corrected chi connectivity index (χ4v) is 1.58. The lowest BCUT2D eigenvalue weighted by molar-refractivity contribution is 0.122. The van der Waals surface area contributed by atoms with Crippen molar-refractivity contribution >= 4 is 11.7 Å². The molecular weight excluding hydrogens is 258 g/mol. The van der Waals surface area contributed by atoms with Gasteiger partial charge in [-0.3, -0.25) is 4.68 Å². The number of carbonyl (C=O) groups excluding carboxylic acids is 1. The minimum atomic E-state index is -2.49. The Morgan fingerprint density at radius 3 is 2.89 bits per heavy atom. The molecule has 2 N–H and O–H groups in total. The molecule has 0 aliphatic heterocycles. The first-order chi connectivity index (χ1) is 9.06. The van der Waals surface area contributed by atoms with Crippen LogP contribution >= 0.6 is 0 Å². The van der Waals surface area contributed by atoms with Gasteiger partial charge in [-0.25, -0.2) is 13.6 Å². The van der Waals surface area contributed by atoms with Crippen molar-refractivity contribution in [2.75, 3.05) is 25.0 Å². The summed E-state index contributed by atoms with van der Waals surface area (Å²) in [7, 11) is 0. The molecule has 0 spiro atoms. The standard InChI is InChI=1S/C11H18F2N4O2/c1-2-3-16(4-5-18)11(19)15-9-6-14-17(7-9)8-10(12)13/h6-7,10,18H,2-5,8H2,1H3,(H,15,19). The Morgan fingerprint density at radius 1 is 1.58 bits per heavy atom. The SMILES string of the molecule is CCCN(CCO)C(=O)Nc1cnn(CC(F)F)c1. The van der Waals surface area contributed by atoms with Gasteiger partial charge in [0, 0.05) is 19.3 Å². The molecule has 1 aromatic rings. The van der Waals surface area contributed by atoms with E-state index in [9.17, 15) is 13.6 Å². The fourth-order valence-electron chi connectivity index (χ4n) is 1.58. The largest absolute Gasteiger partial charge is 0.395 e.